The second-order valence-corrected chi connectivity index (χ2v) is 6.81. The Morgan fingerprint density at radius 1 is 1.42 bits per heavy atom. The fourth-order valence-corrected chi connectivity index (χ4v) is 3.09. The second kappa shape index (κ2) is 6.87. The minimum absolute atomic E-state index is 0.693. The molecule has 0 amide bonds. The van der Waals surface area contributed by atoms with Gasteiger partial charge in [-0.1, -0.05) is 28.1 Å². The van der Waals surface area contributed by atoms with E-state index >= 15 is 0 Å². The van der Waals surface area contributed by atoms with Crippen molar-refractivity contribution in [3.8, 4) is 0 Å². The van der Waals surface area contributed by atoms with Crippen LogP contribution < -0.4 is 5.32 Å². The van der Waals surface area contributed by atoms with Crippen LogP contribution in [0.4, 0.5) is 0 Å². The Bertz CT molecular complexity index is 417. The van der Waals surface area contributed by atoms with Gasteiger partial charge >= 0.3 is 0 Å². The minimum Gasteiger partial charge on any atom is -0.312 e. The summed E-state index contributed by atoms with van der Waals surface area (Å²) < 4.78 is 1.21. The molecule has 3 heteroatoms. The Balaban J connectivity index is 1.73. The number of hydrogen-bond donors (Lipinski definition) is 1. The molecule has 1 atom stereocenters. The zero-order valence-electron chi connectivity index (χ0n) is 12.2. The number of rotatable bonds is 5. The van der Waals surface area contributed by atoms with Gasteiger partial charge in [-0.25, -0.2) is 0 Å². The maximum Gasteiger partial charge on any atom is 0.0207 e. The van der Waals surface area contributed by atoms with E-state index in [1.54, 1.807) is 0 Å². The summed E-state index contributed by atoms with van der Waals surface area (Å²) in [5, 5.41) is 3.60. The topological polar surface area (TPSA) is 15.3 Å². The molecule has 1 heterocycles. The van der Waals surface area contributed by atoms with E-state index in [9.17, 15) is 0 Å². The van der Waals surface area contributed by atoms with Gasteiger partial charge in [0.05, 0.1) is 0 Å². The number of halogens is 1. The first-order chi connectivity index (χ1) is 9.06. The van der Waals surface area contributed by atoms with Crippen molar-refractivity contribution < 1.29 is 0 Å². The fourth-order valence-electron chi connectivity index (χ4n) is 2.67. The lowest BCUT2D eigenvalue weighted by Gasteiger charge is -2.20. The van der Waals surface area contributed by atoms with Crippen molar-refractivity contribution in [1.29, 1.82) is 0 Å². The summed E-state index contributed by atoms with van der Waals surface area (Å²) in [6.45, 7) is 11.3. The first-order valence-corrected chi connectivity index (χ1v) is 8.05. The zero-order valence-corrected chi connectivity index (χ0v) is 13.8. The van der Waals surface area contributed by atoms with Crippen molar-refractivity contribution in [3.63, 3.8) is 0 Å². The molecule has 2 rings (SSSR count). The molecule has 0 bridgehead atoms. The van der Waals surface area contributed by atoms with Crippen LogP contribution in [0.1, 0.15) is 31.4 Å². The highest BCUT2D eigenvalue weighted by atomic mass is 79.9. The number of benzene rings is 1. The molecule has 0 spiro atoms. The second-order valence-electron chi connectivity index (χ2n) is 5.96. The summed E-state index contributed by atoms with van der Waals surface area (Å²) >= 11 is 3.59. The van der Waals surface area contributed by atoms with Gasteiger partial charge in [-0.3, -0.25) is 0 Å². The average molecular weight is 325 g/mol. The van der Waals surface area contributed by atoms with E-state index in [4.69, 9.17) is 0 Å². The highest BCUT2D eigenvalue weighted by Gasteiger charge is 2.23. The summed E-state index contributed by atoms with van der Waals surface area (Å²) in [4.78, 5) is 2.58. The Labute approximate surface area is 125 Å². The largest absolute Gasteiger partial charge is 0.312 e. The zero-order chi connectivity index (χ0) is 13.8. The number of hydrogen-bond acceptors (Lipinski definition) is 2. The molecule has 1 saturated heterocycles. The molecule has 0 radical (unpaired) electrons. The van der Waals surface area contributed by atoms with Crippen LogP contribution in [0.5, 0.6) is 0 Å². The molecule has 1 aliphatic rings. The van der Waals surface area contributed by atoms with E-state index < -0.39 is 0 Å². The predicted octanol–water partition coefficient (Wildman–Crippen LogP) is 3.58. The van der Waals surface area contributed by atoms with Crippen LogP contribution in [-0.4, -0.2) is 30.6 Å². The summed E-state index contributed by atoms with van der Waals surface area (Å²) in [5.41, 5.74) is 2.66. The molecule has 0 aliphatic carbocycles. The average Bonchev–Trinajstić information content (AvgIpc) is 2.83. The number of nitrogens with zero attached hydrogens (tertiary/aromatic N) is 1. The SMILES string of the molecule is Cc1ccc(CNCC2CCN(C(C)C)C2)cc1Br. The van der Waals surface area contributed by atoms with E-state index in [2.05, 4.69) is 65.1 Å². The maximum atomic E-state index is 3.60. The predicted molar refractivity (Wildman–Crippen MR) is 85.4 cm³/mol. The van der Waals surface area contributed by atoms with Gasteiger partial charge in [0.25, 0.3) is 0 Å². The highest BCUT2D eigenvalue weighted by molar-refractivity contribution is 9.10. The monoisotopic (exact) mass is 324 g/mol. The van der Waals surface area contributed by atoms with Gasteiger partial charge in [0.2, 0.25) is 0 Å². The Morgan fingerprint density at radius 2 is 2.21 bits per heavy atom. The van der Waals surface area contributed by atoms with Gasteiger partial charge < -0.3 is 10.2 Å². The number of aryl methyl sites for hydroxylation is 1. The van der Waals surface area contributed by atoms with Crippen LogP contribution >= 0.6 is 15.9 Å². The number of likely N-dealkylation sites (tertiary alicyclic amines) is 1. The van der Waals surface area contributed by atoms with E-state index in [0.717, 1.165) is 19.0 Å². The molecule has 0 aromatic heterocycles. The first-order valence-electron chi connectivity index (χ1n) is 7.26. The van der Waals surface area contributed by atoms with E-state index in [0.29, 0.717) is 6.04 Å². The van der Waals surface area contributed by atoms with Gasteiger partial charge in [-0.05, 0) is 63.4 Å². The molecular formula is C16H25BrN2. The van der Waals surface area contributed by atoms with E-state index in [1.807, 2.05) is 0 Å². The van der Waals surface area contributed by atoms with Crippen LogP contribution in [0.2, 0.25) is 0 Å². The molecule has 1 unspecified atom stereocenters. The Morgan fingerprint density at radius 3 is 2.84 bits per heavy atom. The lowest BCUT2D eigenvalue weighted by molar-refractivity contribution is 0.264. The molecule has 1 N–H and O–H groups in total. The molecule has 0 saturated carbocycles. The van der Waals surface area contributed by atoms with Crippen molar-refractivity contribution in [2.75, 3.05) is 19.6 Å². The van der Waals surface area contributed by atoms with Crippen LogP contribution in [0, 0.1) is 12.8 Å². The van der Waals surface area contributed by atoms with E-state index in [1.165, 1.54) is 35.1 Å². The first kappa shape index (κ1) is 15.0. The third kappa shape index (κ3) is 4.30. The molecule has 1 fully saturated rings. The maximum absolute atomic E-state index is 3.60. The number of nitrogens with one attached hydrogen (secondary N) is 1. The molecule has 1 aliphatic heterocycles. The third-order valence-corrected chi connectivity index (χ3v) is 4.90. The summed E-state index contributed by atoms with van der Waals surface area (Å²) in [6.07, 6.45) is 1.34. The van der Waals surface area contributed by atoms with Crippen LogP contribution in [0.3, 0.4) is 0 Å². The van der Waals surface area contributed by atoms with Gasteiger partial charge in [0, 0.05) is 23.6 Å². The van der Waals surface area contributed by atoms with Crippen LogP contribution in [-0.2, 0) is 6.54 Å². The summed E-state index contributed by atoms with van der Waals surface area (Å²) in [7, 11) is 0. The Hall–Kier alpha value is -0.380. The van der Waals surface area contributed by atoms with Crippen molar-refractivity contribution in [3.05, 3.63) is 33.8 Å². The summed E-state index contributed by atoms with van der Waals surface area (Å²) in [5.74, 6) is 0.816. The van der Waals surface area contributed by atoms with Crippen molar-refractivity contribution in [2.45, 2.75) is 39.8 Å². The lowest BCUT2D eigenvalue weighted by Crippen LogP contribution is -2.30. The third-order valence-electron chi connectivity index (χ3n) is 4.05. The van der Waals surface area contributed by atoms with Crippen LogP contribution in [0.25, 0.3) is 0 Å². The fraction of sp³-hybridized carbons (Fsp3) is 0.625. The molecule has 2 nitrogen and oxygen atoms in total. The van der Waals surface area contributed by atoms with Crippen molar-refractivity contribution in [2.24, 2.45) is 5.92 Å². The van der Waals surface area contributed by atoms with Crippen molar-refractivity contribution >= 4 is 15.9 Å². The molecular weight excluding hydrogens is 300 g/mol. The Kier molecular flexibility index (Phi) is 5.43. The molecule has 106 valence electrons. The lowest BCUT2D eigenvalue weighted by atomic mass is 10.1. The highest BCUT2D eigenvalue weighted by Crippen LogP contribution is 2.19. The molecule has 1 aromatic rings. The van der Waals surface area contributed by atoms with Gasteiger partial charge in [0.15, 0.2) is 0 Å². The normalized spacial score (nSPS) is 20.4. The summed E-state index contributed by atoms with van der Waals surface area (Å²) in [6, 6.07) is 7.30. The minimum atomic E-state index is 0.693. The van der Waals surface area contributed by atoms with Gasteiger partial charge in [-0.2, -0.15) is 0 Å². The standard InChI is InChI=1S/C16H25BrN2/c1-12(2)19-7-6-15(11-19)10-18-9-14-5-4-13(3)16(17)8-14/h4-5,8,12,15,18H,6-7,9-11H2,1-3H3. The van der Waals surface area contributed by atoms with Gasteiger partial charge in [0.1, 0.15) is 0 Å². The molecule has 19 heavy (non-hydrogen) atoms. The molecule has 1 aromatic carbocycles. The van der Waals surface area contributed by atoms with E-state index in [-0.39, 0.29) is 0 Å². The van der Waals surface area contributed by atoms with Crippen LogP contribution in [0.15, 0.2) is 22.7 Å². The quantitative estimate of drug-likeness (QED) is 0.890. The smallest absolute Gasteiger partial charge is 0.0207 e. The van der Waals surface area contributed by atoms with Gasteiger partial charge in [-0.15, -0.1) is 0 Å². The van der Waals surface area contributed by atoms with Crippen molar-refractivity contribution in [1.82, 2.24) is 10.2 Å².